The molecule has 0 saturated heterocycles. The van der Waals surface area contributed by atoms with Gasteiger partial charge in [0.1, 0.15) is 0 Å². The van der Waals surface area contributed by atoms with Gasteiger partial charge in [-0.1, -0.05) is 26.0 Å². The van der Waals surface area contributed by atoms with Gasteiger partial charge in [0.15, 0.2) is 0 Å². The van der Waals surface area contributed by atoms with Crippen LogP contribution in [0.15, 0.2) is 12.2 Å². The average Bonchev–Trinajstić information content (AvgIpc) is 2.16. The molecule has 1 atom stereocenters. The molecule has 1 N–H and O–H groups in total. The van der Waals surface area contributed by atoms with Crippen molar-refractivity contribution >= 4 is 0 Å². The second-order valence-electron chi connectivity index (χ2n) is 6.18. The summed E-state index contributed by atoms with van der Waals surface area (Å²) in [7, 11) is 4.29. The van der Waals surface area contributed by atoms with Crippen LogP contribution in [0.3, 0.4) is 0 Å². The van der Waals surface area contributed by atoms with E-state index in [1.54, 1.807) is 0 Å². The minimum absolute atomic E-state index is 0.369. The quantitative estimate of drug-likeness (QED) is 0.697. The molecule has 1 rings (SSSR count). The fourth-order valence-corrected chi connectivity index (χ4v) is 2.57. The van der Waals surface area contributed by atoms with Crippen molar-refractivity contribution in [1.82, 2.24) is 10.2 Å². The molecule has 0 radical (unpaired) electrons. The molecule has 1 aliphatic rings. The highest BCUT2D eigenvalue weighted by atomic mass is 15.1. The van der Waals surface area contributed by atoms with Crippen molar-refractivity contribution in [3.05, 3.63) is 12.2 Å². The van der Waals surface area contributed by atoms with Gasteiger partial charge in [0, 0.05) is 13.1 Å². The Morgan fingerprint density at radius 2 is 2.06 bits per heavy atom. The smallest absolute Gasteiger partial charge is 0.00387 e. The van der Waals surface area contributed by atoms with Crippen molar-refractivity contribution in [3.8, 4) is 0 Å². The van der Waals surface area contributed by atoms with Crippen molar-refractivity contribution in [2.45, 2.75) is 33.1 Å². The maximum atomic E-state index is 3.64. The number of nitrogens with zero attached hydrogens (tertiary/aromatic N) is 1. The van der Waals surface area contributed by atoms with Crippen LogP contribution in [0.4, 0.5) is 0 Å². The van der Waals surface area contributed by atoms with Crippen LogP contribution in [0.5, 0.6) is 0 Å². The fourth-order valence-electron chi connectivity index (χ4n) is 2.57. The molecule has 1 aliphatic carbocycles. The van der Waals surface area contributed by atoms with E-state index in [0.29, 0.717) is 5.41 Å². The van der Waals surface area contributed by atoms with Crippen molar-refractivity contribution < 1.29 is 0 Å². The molecule has 94 valence electrons. The van der Waals surface area contributed by atoms with Gasteiger partial charge in [0.05, 0.1) is 0 Å². The maximum absolute atomic E-state index is 3.64. The highest BCUT2D eigenvalue weighted by Crippen LogP contribution is 2.18. The van der Waals surface area contributed by atoms with Crippen LogP contribution in [0.1, 0.15) is 33.1 Å². The van der Waals surface area contributed by atoms with Gasteiger partial charge in [0.25, 0.3) is 0 Å². The summed E-state index contributed by atoms with van der Waals surface area (Å²) < 4.78 is 0. The van der Waals surface area contributed by atoms with E-state index in [4.69, 9.17) is 0 Å². The molecule has 0 aliphatic heterocycles. The first-order chi connectivity index (χ1) is 7.49. The standard InChI is InChI=1S/C14H28N2/c1-14(2,12-16(3)4)11-15-10-13-8-6-5-7-9-13/h5-6,13,15H,7-12H2,1-4H3. The van der Waals surface area contributed by atoms with Crippen molar-refractivity contribution in [3.63, 3.8) is 0 Å². The predicted octanol–water partition coefficient (Wildman–Crippen LogP) is 2.52. The van der Waals surface area contributed by atoms with E-state index in [9.17, 15) is 0 Å². The lowest BCUT2D eigenvalue weighted by molar-refractivity contribution is 0.228. The van der Waals surface area contributed by atoms with Gasteiger partial charge < -0.3 is 10.2 Å². The zero-order chi connectivity index (χ0) is 12.0. The molecule has 0 saturated carbocycles. The van der Waals surface area contributed by atoms with Crippen LogP contribution in [0, 0.1) is 11.3 Å². The summed E-state index contributed by atoms with van der Waals surface area (Å²) in [6.07, 6.45) is 8.54. The van der Waals surface area contributed by atoms with Gasteiger partial charge in [-0.3, -0.25) is 0 Å². The first-order valence-corrected chi connectivity index (χ1v) is 6.50. The Bertz CT molecular complexity index is 219. The summed E-state index contributed by atoms with van der Waals surface area (Å²) in [4.78, 5) is 2.27. The summed E-state index contributed by atoms with van der Waals surface area (Å²) in [6.45, 7) is 8.11. The summed E-state index contributed by atoms with van der Waals surface area (Å²) in [5, 5.41) is 3.64. The maximum Gasteiger partial charge on any atom is 0.00387 e. The van der Waals surface area contributed by atoms with E-state index in [1.807, 2.05) is 0 Å². The van der Waals surface area contributed by atoms with Gasteiger partial charge in [-0.2, -0.15) is 0 Å². The van der Waals surface area contributed by atoms with Gasteiger partial charge >= 0.3 is 0 Å². The first-order valence-electron chi connectivity index (χ1n) is 6.50. The molecular weight excluding hydrogens is 196 g/mol. The van der Waals surface area contributed by atoms with E-state index in [2.05, 4.69) is 50.3 Å². The van der Waals surface area contributed by atoms with Crippen molar-refractivity contribution in [2.24, 2.45) is 11.3 Å². The first kappa shape index (κ1) is 13.7. The summed E-state index contributed by atoms with van der Waals surface area (Å²) in [5.41, 5.74) is 0.369. The third-order valence-electron chi connectivity index (χ3n) is 3.16. The molecule has 0 aromatic rings. The van der Waals surface area contributed by atoms with Crippen LogP contribution in [0.2, 0.25) is 0 Å². The molecule has 0 amide bonds. The van der Waals surface area contributed by atoms with Crippen LogP contribution in [-0.4, -0.2) is 38.6 Å². The van der Waals surface area contributed by atoms with E-state index >= 15 is 0 Å². The zero-order valence-electron chi connectivity index (χ0n) is 11.4. The van der Waals surface area contributed by atoms with Crippen molar-refractivity contribution in [2.75, 3.05) is 33.7 Å². The Kier molecular flexibility index (Phi) is 5.50. The fraction of sp³-hybridized carbons (Fsp3) is 0.857. The second kappa shape index (κ2) is 6.41. The molecule has 0 fully saturated rings. The van der Waals surface area contributed by atoms with Crippen LogP contribution < -0.4 is 5.32 Å². The van der Waals surface area contributed by atoms with E-state index < -0.39 is 0 Å². The Balaban J connectivity index is 2.16. The lowest BCUT2D eigenvalue weighted by Crippen LogP contribution is -2.39. The van der Waals surface area contributed by atoms with Crippen LogP contribution >= 0.6 is 0 Å². The van der Waals surface area contributed by atoms with E-state index in [-0.39, 0.29) is 0 Å². The number of allylic oxidation sites excluding steroid dienone is 2. The lowest BCUT2D eigenvalue weighted by Gasteiger charge is -2.29. The zero-order valence-corrected chi connectivity index (χ0v) is 11.4. The highest BCUT2D eigenvalue weighted by Gasteiger charge is 2.19. The molecule has 16 heavy (non-hydrogen) atoms. The lowest BCUT2D eigenvalue weighted by atomic mass is 9.91. The predicted molar refractivity (Wildman–Crippen MR) is 71.7 cm³/mol. The summed E-state index contributed by atoms with van der Waals surface area (Å²) in [5.74, 6) is 0.861. The molecule has 0 spiro atoms. The Hall–Kier alpha value is -0.340. The van der Waals surface area contributed by atoms with Gasteiger partial charge in [0.2, 0.25) is 0 Å². The van der Waals surface area contributed by atoms with Gasteiger partial charge in [-0.05, 0) is 51.2 Å². The second-order valence-corrected chi connectivity index (χ2v) is 6.18. The van der Waals surface area contributed by atoms with Crippen molar-refractivity contribution in [1.29, 1.82) is 0 Å². The molecule has 2 nitrogen and oxygen atoms in total. The number of rotatable bonds is 6. The molecule has 0 heterocycles. The Labute approximate surface area is 101 Å². The molecular formula is C14H28N2. The topological polar surface area (TPSA) is 15.3 Å². The Morgan fingerprint density at radius 1 is 1.31 bits per heavy atom. The number of hydrogen-bond acceptors (Lipinski definition) is 2. The minimum atomic E-state index is 0.369. The third-order valence-corrected chi connectivity index (χ3v) is 3.16. The van der Waals surface area contributed by atoms with Crippen LogP contribution in [-0.2, 0) is 0 Å². The van der Waals surface area contributed by atoms with E-state index in [0.717, 1.165) is 19.0 Å². The number of hydrogen-bond donors (Lipinski definition) is 1. The third kappa shape index (κ3) is 5.66. The molecule has 0 aromatic carbocycles. The van der Waals surface area contributed by atoms with Gasteiger partial charge in [-0.15, -0.1) is 0 Å². The number of nitrogens with one attached hydrogen (secondary N) is 1. The summed E-state index contributed by atoms with van der Waals surface area (Å²) >= 11 is 0. The molecule has 1 unspecified atom stereocenters. The summed E-state index contributed by atoms with van der Waals surface area (Å²) in [6, 6.07) is 0. The van der Waals surface area contributed by atoms with Gasteiger partial charge in [-0.25, -0.2) is 0 Å². The molecule has 0 bridgehead atoms. The largest absolute Gasteiger partial charge is 0.316 e. The average molecular weight is 224 g/mol. The highest BCUT2D eigenvalue weighted by molar-refractivity contribution is 4.90. The van der Waals surface area contributed by atoms with Crippen LogP contribution in [0.25, 0.3) is 0 Å². The molecule has 0 aromatic heterocycles. The Morgan fingerprint density at radius 3 is 2.62 bits per heavy atom. The van der Waals surface area contributed by atoms with E-state index in [1.165, 1.54) is 25.8 Å². The normalized spacial score (nSPS) is 21.7. The monoisotopic (exact) mass is 224 g/mol. The molecule has 2 heteroatoms. The minimum Gasteiger partial charge on any atom is -0.316 e. The SMILES string of the molecule is CN(C)CC(C)(C)CNCC1CC=CCC1.